The van der Waals surface area contributed by atoms with Gasteiger partial charge in [0.25, 0.3) is 0 Å². The molecule has 3 unspecified atom stereocenters. The molecular formula is C27H41N3O6S2. The molecule has 38 heavy (non-hydrogen) atoms. The van der Waals surface area contributed by atoms with Crippen LogP contribution in [-0.4, -0.2) is 80.5 Å². The van der Waals surface area contributed by atoms with Crippen LogP contribution in [0.5, 0.6) is 0 Å². The number of carboxylic acids is 1. The number of thiol groups is 1. The molecule has 0 radical (unpaired) electrons. The number of fused-ring (bicyclic) bond motifs is 1. The molecule has 0 spiro atoms. The molecule has 2 rings (SSSR count). The molecule has 0 aliphatic rings. The van der Waals surface area contributed by atoms with Crippen LogP contribution in [0.2, 0.25) is 0 Å². The van der Waals surface area contributed by atoms with Crippen LogP contribution in [0.3, 0.4) is 0 Å². The van der Waals surface area contributed by atoms with Gasteiger partial charge in [-0.15, -0.1) is 0 Å². The van der Waals surface area contributed by atoms with E-state index in [0.717, 1.165) is 29.0 Å². The van der Waals surface area contributed by atoms with E-state index in [0.29, 0.717) is 12.3 Å². The number of ether oxygens (including phenoxy) is 1. The number of carboxylic acid groups (broad SMARTS) is 1. The lowest BCUT2D eigenvalue weighted by molar-refractivity contribution is -0.144. The molecule has 5 atom stereocenters. The Hall–Kier alpha value is -2.18. The van der Waals surface area contributed by atoms with Crippen LogP contribution in [0.4, 0.5) is 0 Å². The summed E-state index contributed by atoms with van der Waals surface area (Å²) in [6.45, 7) is 4.89. The molecular weight excluding hydrogens is 526 g/mol. The second-order valence-electron chi connectivity index (χ2n) is 9.83. The average molecular weight is 568 g/mol. The predicted octanol–water partition coefficient (Wildman–Crippen LogP) is 2.03. The summed E-state index contributed by atoms with van der Waals surface area (Å²) in [5.41, 5.74) is 6.91. The van der Waals surface area contributed by atoms with Crippen molar-refractivity contribution in [1.29, 1.82) is 0 Å². The summed E-state index contributed by atoms with van der Waals surface area (Å²) in [4.78, 5) is 25.2. The number of hydrogen-bond acceptors (Lipinski definition) is 8. The van der Waals surface area contributed by atoms with Crippen LogP contribution in [0.25, 0.3) is 10.8 Å². The van der Waals surface area contributed by atoms with Gasteiger partial charge >= 0.3 is 5.97 Å². The molecule has 0 aromatic heterocycles. The highest BCUT2D eigenvalue weighted by Gasteiger charge is 2.29. The molecule has 5 N–H and O–H groups in total. The molecule has 212 valence electrons. The summed E-state index contributed by atoms with van der Waals surface area (Å²) < 4.78 is 29.4. The Morgan fingerprint density at radius 1 is 1.16 bits per heavy atom. The summed E-state index contributed by atoms with van der Waals surface area (Å²) in [6.07, 6.45) is 0.896. The number of hydrogen-bond donors (Lipinski definition) is 5. The van der Waals surface area contributed by atoms with E-state index in [-0.39, 0.29) is 43.2 Å². The molecule has 0 aliphatic heterocycles. The lowest BCUT2D eigenvalue weighted by atomic mass is 9.98. The smallest absolute Gasteiger partial charge is 0.326 e. The van der Waals surface area contributed by atoms with Crippen LogP contribution in [-0.2, 0) is 30.6 Å². The Labute approximate surface area is 231 Å². The maximum Gasteiger partial charge on any atom is 0.326 e. The number of nitrogens with one attached hydrogen (secondary N) is 2. The van der Waals surface area contributed by atoms with Gasteiger partial charge in [0.1, 0.15) is 22.0 Å². The summed E-state index contributed by atoms with van der Waals surface area (Å²) in [7, 11) is -3.40. The standard InChI is InChI=1S/C27H41N3O6S2/c1-4-18(2)24(29-15-21(28)17-37)16-36-25(14-20-10-7-9-19-8-5-6-11-22(19)20)26(31)30-23(27(32)33)12-13-38(3,34)35/h5-11,18,21,23-25,29,37H,4,12-17,28H2,1-3H3,(H,30,31)(H,32,33)/t18-,21?,23+,24?,25?/m0/s1. The number of sulfone groups is 1. The molecule has 2 aromatic carbocycles. The molecule has 0 fully saturated rings. The highest BCUT2D eigenvalue weighted by Crippen LogP contribution is 2.21. The van der Waals surface area contributed by atoms with E-state index in [1.54, 1.807) is 0 Å². The van der Waals surface area contributed by atoms with Gasteiger partial charge in [-0.3, -0.25) is 4.79 Å². The predicted molar refractivity (Wildman–Crippen MR) is 154 cm³/mol. The van der Waals surface area contributed by atoms with Crippen molar-refractivity contribution in [3.05, 3.63) is 48.0 Å². The van der Waals surface area contributed by atoms with Crippen LogP contribution >= 0.6 is 12.6 Å². The van der Waals surface area contributed by atoms with Crippen molar-refractivity contribution in [1.82, 2.24) is 10.6 Å². The summed E-state index contributed by atoms with van der Waals surface area (Å²) in [5.74, 6) is -1.51. The first-order valence-electron chi connectivity index (χ1n) is 12.8. The van der Waals surface area contributed by atoms with Gasteiger partial charge in [-0.25, -0.2) is 13.2 Å². The highest BCUT2D eigenvalue weighted by atomic mass is 32.2. The van der Waals surface area contributed by atoms with Crippen molar-refractivity contribution >= 4 is 45.1 Å². The third-order valence-electron chi connectivity index (χ3n) is 6.65. The van der Waals surface area contributed by atoms with Gasteiger partial charge in [-0.2, -0.15) is 12.6 Å². The Morgan fingerprint density at radius 3 is 2.47 bits per heavy atom. The molecule has 2 aromatic rings. The molecule has 11 heteroatoms. The molecule has 0 saturated carbocycles. The average Bonchev–Trinajstić information content (AvgIpc) is 2.88. The van der Waals surface area contributed by atoms with E-state index in [4.69, 9.17) is 10.5 Å². The fraction of sp³-hybridized carbons (Fsp3) is 0.556. The van der Waals surface area contributed by atoms with E-state index in [1.807, 2.05) is 42.5 Å². The lowest BCUT2D eigenvalue weighted by Gasteiger charge is -2.28. The summed E-state index contributed by atoms with van der Waals surface area (Å²) >= 11 is 4.24. The van der Waals surface area contributed by atoms with E-state index < -0.39 is 33.9 Å². The Morgan fingerprint density at radius 2 is 1.84 bits per heavy atom. The van der Waals surface area contributed by atoms with Gasteiger partial charge < -0.3 is 26.2 Å². The highest BCUT2D eigenvalue weighted by molar-refractivity contribution is 7.90. The van der Waals surface area contributed by atoms with E-state index in [2.05, 4.69) is 37.1 Å². The minimum Gasteiger partial charge on any atom is -0.480 e. The van der Waals surface area contributed by atoms with Crippen LogP contribution < -0.4 is 16.4 Å². The maximum atomic E-state index is 13.4. The van der Waals surface area contributed by atoms with E-state index in [9.17, 15) is 23.1 Å². The first-order chi connectivity index (χ1) is 17.9. The van der Waals surface area contributed by atoms with Gasteiger partial charge in [0.15, 0.2) is 0 Å². The quantitative estimate of drug-likeness (QED) is 0.182. The van der Waals surface area contributed by atoms with Gasteiger partial charge in [-0.1, -0.05) is 62.7 Å². The molecule has 0 heterocycles. The van der Waals surface area contributed by atoms with Gasteiger partial charge in [0.2, 0.25) is 5.91 Å². The van der Waals surface area contributed by atoms with Gasteiger partial charge in [0.05, 0.1) is 12.4 Å². The van der Waals surface area contributed by atoms with Crippen LogP contribution in [0, 0.1) is 5.92 Å². The monoisotopic (exact) mass is 567 g/mol. The third kappa shape index (κ3) is 10.5. The first-order valence-corrected chi connectivity index (χ1v) is 15.5. The SMILES string of the molecule is CC[C@H](C)C(COC(Cc1cccc2ccccc12)C(=O)N[C@H](CCS(C)(=O)=O)C(=O)O)NCC(N)CS. The Kier molecular flexibility index (Phi) is 13.0. The zero-order valence-corrected chi connectivity index (χ0v) is 24.0. The van der Waals surface area contributed by atoms with Crippen LogP contribution in [0.15, 0.2) is 42.5 Å². The number of rotatable bonds is 17. The minimum atomic E-state index is -3.40. The summed E-state index contributed by atoms with van der Waals surface area (Å²) in [5, 5.41) is 17.5. The number of amides is 1. The molecule has 0 aliphatic carbocycles. The van der Waals surface area contributed by atoms with Crippen molar-refractivity contribution in [3.8, 4) is 0 Å². The fourth-order valence-electron chi connectivity index (χ4n) is 4.05. The van der Waals surface area contributed by atoms with Crippen LogP contribution in [0.1, 0.15) is 32.3 Å². The number of benzene rings is 2. The zero-order chi connectivity index (χ0) is 28.3. The fourth-order valence-corrected chi connectivity index (χ4v) is 4.84. The number of nitrogens with two attached hydrogens (primary N) is 1. The molecule has 1 amide bonds. The van der Waals surface area contributed by atoms with Gasteiger partial charge in [0, 0.05) is 37.1 Å². The second kappa shape index (κ2) is 15.4. The minimum absolute atomic E-state index is 0.0887. The van der Waals surface area contributed by atoms with E-state index >= 15 is 0 Å². The normalized spacial score (nSPS) is 15.9. The zero-order valence-electron chi connectivity index (χ0n) is 22.3. The molecule has 9 nitrogen and oxygen atoms in total. The van der Waals surface area contributed by atoms with Gasteiger partial charge in [-0.05, 0) is 28.7 Å². The molecule has 0 saturated heterocycles. The maximum absolute atomic E-state index is 13.4. The van der Waals surface area contributed by atoms with Crippen molar-refractivity contribution in [3.63, 3.8) is 0 Å². The largest absolute Gasteiger partial charge is 0.480 e. The number of aliphatic carboxylic acids is 1. The Balaban J connectivity index is 2.29. The van der Waals surface area contributed by atoms with Crippen molar-refractivity contribution in [2.75, 3.05) is 30.9 Å². The lowest BCUT2D eigenvalue weighted by Crippen LogP contribution is -2.50. The second-order valence-corrected chi connectivity index (χ2v) is 12.5. The van der Waals surface area contributed by atoms with E-state index in [1.165, 1.54) is 0 Å². The van der Waals surface area contributed by atoms with Crippen molar-refractivity contribution < 1.29 is 27.9 Å². The summed E-state index contributed by atoms with van der Waals surface area (Å²) in [6, 6.07) is 12.0. The Bertz CT molecular complexity index is 1160. The van der Waals surface area contributed by atoms with Crippen molar-refractivity contribution in [2.45, 2.75) is 57.3 Å². The topological polar surface area (TPSA) is 148 Å². The number of carbonyl (C=O) groups is 2. The first kappa shape index (κ1) is 32.0. The van der Waals surface area contributed by atoms with Crippen molar-refractivity contribution in [2.24, 2.45) is 11.7 Å². The number of carbonyl (C=O) groups excluding carboxylic acids is 1. The molecule has 0 bridgehead atoms. The third-order valence-corrected chi connectivity index (χ3v) is 8.10.